The number of hydrogen-bond donors (Lipinski definition) is 1. The molecule has 2 atom stereocenters. The molecule has 3 rings (SSSR count). The summed E-state index contributed by atoms with van der Waals surface area (Å²) in [6.07, 6.45) is 0. The second-order valence-electron chi connectivity index (χ2n) is 7.53. The maximum Gasteiger partial charge on any atom is 0.321 e. The first-order valence-corrected chi connectivity index (χ1v) is 8.64. The van der Waals surface area contributed by atoms with E-state index in [0.29, 0.717) is 12.6 Å². The van der Waals surface area contributed by atoms with Crippen LogP contribution in [0.1, 0.15) is 51.6 Å². The van der Waals surface area contributed by atoms with Gasteiger partial charge in [0.2, 0.25) is 0 Å². The van der Waals surface area contributed by atoms with Crippen LogP contribution in [0.4, 0.5) is 4.79 Å². The van der Waals surface area contributed by atoms with Crippen LogP contribution in [0.25, 0.3) is 0 Å². The minimum atomic E-state index is -0.335. The molecular formula is C17H29N5O. The van der Waals surface area contributed by atoms with Gasteiger partial charge in [0.15, 0.2) is 0 Å². The topological polar surface area (TPSA) is 55.5 Å². The molecule has 6 heteroatoms. The van der Waals surface area contributed by atoms with Crippen molar-refractivity contribution in [3.8, 4) is 0 Å². The van der Waals surface area contributed by atoms with Crippen LogP contribution in [0.3, 0.4) is 0 Å². The first-order chi connectivity index (χ1) is 10.8. The molecule has 1 N–H and O–H groups in total. The number of piperazine rings is 1. The van der Waals surface area contributed by atoms with Gasteiger partial charge in [-0.2, -0.15) is 5.10 Å². The van der Waals surface area contributed by atoms with Gasteiger partial charge >= 0.3 is 6.03 Å². The van der Waals surface area contributed by atoms with E-state index < -0.39 is 0 Å². The van der Waals surface area contributed by atoms with Gasteiger partial charge in [-0.3, -0.25) is 10.00 Å². The molecule has 1 aromatic heterocycles. The molecule has 2 aliphatic heterocycles. The van der Waals surface area contributed by atoms with Gasteiger partial charge in [-0.1, -0.05) is 6.92 Å². The normalized spacial score (nSPS) is 27.4. The fourth-order valence-electron chi connectivity index (χ4n) is 4.01. The number of carbonyl (C=O) groups is 1. The molecule has 1 saturated heterocycles. The Kier molecular flexibility index (Phi) is 3.91. The van der Waals surface area contributed by atoms with Gasteiger partial charge in [0.1, 0.15) is 0 Å². The number of hydrogen-bond acceptors (Lipinski definition) is 3. The van der Waals surface area contributed by atoms with Crippen molar-refractivity contribution in [2.45, 2.75) is 65.7 Å². The van der Waals surface area contributed by atoms with Gasteiger partial charge in [-0.15, -0.1) is 0 Å². The predicted octanol–water partition coefficient (Wildman–Crippen LogP) is 2.30. The Hall–Kier alpha value is -1.56. The number of amides is 2. The molecule has 0 saturated carbocycles. The van der Waals surface area contributed by atoms with Gasteiger partial charge < -0.3 is 9.80 Å². The van der Waals surface area contributed by atoms with Gasteiger partial charge in [0.05, 0.1) is 23.5 Å². The van der Waals surface area contributed by atoms with Crippen LogP contribution in [0.2, 0.25) is 0 Å². The lowest BCUT2D eigenvalue weighted by molar-refractivity contribution is 0.0372. The molecule has 0 unspecified atom stereocenters. The number of fused-ring (bicyclic) bond motifs is 1. The highest BCUT2D eigenvalue weighted by atomic mass is 16.2. The van der Waals surface area contributed by atoms with Crippen molar-refractivity contribution in [2.24, 2.45) is 0 Å². The van der Waals surface area contributed by atoms with Crippen molar-refractivity contribution in [3.63, 3.8) is 0 Å². The van der Waals surface area contributed by atoms with Gasteiger partial charge in [-0.05, 0) is 41.2 Å². The molecule has 1 aromatic rings. The summed E-state index contributed by atoms with van der Waals surface area (Å²) >= 11 is 0. The van der Waals surface area contributed by atoms with Crippen molar-refractivity contribution in [3.05, 3.63) is 17.0 Å². The van der Waals surface area contributed by atoms with Gasteiger partial charge in [0, 0.05) is 30.7 Å². The van der Waals surface area contributed by atoms with Crippen molar-refractivity contribution < 1.29 is 4.79 Å². The van der Waals surface area contributed by atoms with Crippen LogP contribution >= 0.6 is 0 Å². The summed E-state index contributed by atoms with van der Waals surface area (Å²) in [6, 6.07) is 0.800. The largest absolute Gasteiger partial charge is 0.321 e. The van der Waals surface area contributed by atoms with E-state index in [0.717, 1.165) is 31.0 Å². The van der Waals surface area contributed by atoms with Crippen LogP contribution in [0.15, 0.2) is 0 Å². The number of carbonyl (C=O) groups excluding carboxylic acids is 1. The molecule has 0 aromatic carbocycles. The summed E-state index contributed by atoms with van der Waals surface area (Å²) in [5, 5.41) is 7.43. The number of likely N-dealkylation sites (N-methyl/N-ethyl adjacent to an activating group) is 1. The van der Waals surface area contributed by atoms with Crippen molar-refractivity contribution in [1.82, 2.24) is 24.9 Å². The summed E-state index contributed by atoms with van der Waals surface area (Å²) in [5.41, 5.74) is 2.92. The quantitative estimate of drug-likeness (QED) is 0.864. The smallest absolute Gasteiger partial charge is 0.319 e. The van der Waals surface area contributed by atoms with E-state index in [1.165, 1.54) is 5.56 Å². The lowest BCUT2D eigenvalue weighted by Crippen LogP contribution is -2.61. The van der Waals surface area contributed by atoms with Crippen LogP contribution in [0.5, 0.6) is 0 Å². The Balaban J connectivity index is 1.82. The first kappa shape index (κ1) is 16.3. The highest BCUT2D eigenvalue weighted by Crippen LogP contribution is 2.39. The van der Waals surface area contributed by atoms with E-state index in [-0.39, 0.29) is 17.6 Å². The van der Waals surface area contributed by atoms with Gasteiger partial charge in [-0.25, -0.2) is 4.79 Å². The van der Waals surface area contributed by atoms with Crippen LogP contribution in [-0.2, 0) is 12.1 Å². The zero-order valence-corrected chi connectivity index (χ0v) is 15.2. The summed E-state index contributed by atoms with van der Waals surface area (Å²) < 4.78 is 0. The number of nitrogens with one attached hydrogen (secondary N) is 1. The molecule has 2 aliphatic rings. The molecule has 1 fully saturated rings. The molecule has 3 heterocycles. The second-order valence-corrected chi connectivity index (χ2v) is 7.53. The lowest BCUT2D eigenvalue weighted by Gasteiger charge is -2.46. The Bertz CT molecular complexity index is 608. The highest BCUT2D eigenvalue weighted by Gasteiger charge is 2.46. The SMILES string of the molecule is CCN1C[C@H](C)N(C(=O)N2Cc3c(C)n[nH]c3C2(C)C)C[C@H]1C. The monoisotopic (exact) mass is 319 g/mol. The highest BCUT2D eigenvalue weighted by molar-refractivity contribution is 5.77. The fraction of sp³-hybridized carbons (Fsp3) is 0.765. The molecular weight excluding hydrogens is 290 g/mol. The lowest BCUT2D eigenvalue weighted by atomic mass is 10.0. The van der Waals surface area contributed by atoms with E-state index in [4.69, 9.17) is 0 Å². The number of aryl methyl sites for hydroxylation is 1. The van der Waals surface area contributed by atoms with Crippen LogP contribution in [-0.4, -0.2) is 62.6 Å². The van der Waals surface area contributed by atoms with E-state index in [2.05, 4.69) is 49.7 Å². The van der Waals surface area contributed by atoms with E-state index in [9.17, 15) is 4.79 Å². The first-order valence-electron chi connectivity index (χ1n) is 8.64. The average molecular weight is 319 g/mol. The van der Waals surface area contributed by atoms with E-state index in [1.54, 1.807) is 0 Å². The number of aromatic nitrogens is 2. The average Bonchev–Trinajstić information content (AvgIpc) is 2.99. The van der Waals surface area contributed by atoms with Crippen LogP contribution in [0, 0.1) is 6.92 Å². The number of H-pyrrole nitrogens is 1. The Morgan fingerprint density at radius 3 is 2.61 bits per heavy atom. The van der Waals surface area contributed by atoms with E-state index in [1.807, 2.05) is 16.7 Å². The molecule has 23 heavy (non-hydrogen) atoms. The van der Waals surface area contributed by atoms with Crippen molar-refractivity contribution >= 4 is 6.03 Å². The standard InChI is InChI=1S/C17H29N5O/c1-7-20-8-12(3)21(9-11(20)2)16(23)22-10-14-13(4)18-19-15(14)17(22,5)6/h11-12H,7-10H2,1-6H3,(H,18,19)/t11-,12+/m1/s1. The zero-order chi connectivity index (χ0) is 16.9. The van der Waals surface area contributed by atoms with Crippen molar-refractivity contribution in [2.75, 3.05) is 19.6 Å². The van der Waals surface area contributed by atoms with Gasteiger partial charge in [0.25, 0.3) is 0 Å². The molecule has 2 amide bonds. The Morgan fingerprint density at radius 1 is 1.30 bits per heavy atom. The third-order valence-corrected chi connectivity index (χ3v) is 5.67. The predicted molar refractivity (Wildman–Crippen MR) is 90.2 cm³/mol. The third kappa shape index (κ3) is 2.43. The number of nitrogens with zero attached hydrogens (tertiary/aromatic N) is 4. The fourth-order valence-corrected chi connectivity index (χ4v) is 4.01. The molecule has 128 valence electrons. The zero-order valence-electron chi connectivity index (χ0n) is 15.2. The number of aromatic amines is 1. The van der Waals surface area contributed by atoms with Crippen LogP contribution < -0.4 is 0 Å². The third-order valence-electron chi connectivity index (χ3n) is 5.67. The number of rotatable bonds is 1. The summed E-state index contributed by atoms with van der Waals surface area (Å²) in [4.78, 5) is 19.7. The van der Waals surface area contributed by atoms with E-state index >= 15 is 0 Å². The molecule has 0 spiro atoms. The molecule has 0 aliphatic carbocycles. The summed E-state index contributed by atoms with van der Waals surface area (Å²) in [6.45, 7) is 16.2. The molecule has 0 radical (unpaired) electrons. The maximum atomic E-state index is 13.2. The van der Waals surface area contributed by atoms with Crippen molar-refractivity contribution in [1.29, 1.82) is 0 Å². The Morgan fingerprint density at radius 2 is 2.00 bits per heavy atom. The molecule has 0 bridgehead atoms. The Labute approximate surface area is 138 Å². The summed E-state index contributed by atoms with van der Waals surface area (Å²) in [7, 11) is 0. The summed E-state index contributed by atoms with van der Waals surface area (Å²) in [5.74, 6) is 0. The maximum absolute atomic E-state index is 13.2. The minimum absolute atomic E-state index is 0.147. The minimum Gasteiger partial charge on any atom is -0.319 e. The number of urea groups is 1. The second kappa shape index (κ2) is 5.51. The molecule has 6 nitrogen and oxygen atoms in total.